The zero-order chi connectivity index (χ0) is 15.1. The molecule has 0 aromatic carbocycles. The third-order valence-corrected chi connectivity index (χ3v) is 3.22. The fourth-order valence-corrected chi connectivity index (χ4v) is 2.05. The van der Waals surface area contributed by atoms with E-state index < -0.39 is 0 Å². The molecule has 0 fully saturated rings. The Morgan fingerprint density at radius 2 is 2.10 bits per heavy atom. The number of rotatable bonds is 8. The molecule has 0 unspecified atom stereocenters. The molecule has 0 atom stereocenters. The number of hydrogen-bond donors (Lipinski definition) is 2. The molecule has 0 aliphatic heterocycles. The SMILES string of the molecule is CCN(CC)c1ccc(NCc2cn(CCO)nn2)cn1. The molecule has 0 saturated carbocycles. The van der Waals surface area contributed by atoms with Gasteiger partial charge in [-0.05, 0) is 26.0 Å². The first-order valence-corrected chi connectivity index (χ1v) is 7.21. The first-order valence-electron chi connectivity index (χ1n) is 7.21. The second-order valence-electron chi connectivity index (χ2n) is 4.63. The summed E-state index contributed by atoms with van der Waals surface area (Å²) < 4.78 is 1.62. The van der Waals surface area contributed by atoms with E-state index in [-0.39, 0.29) is 6.61 Å². The van der Waals surface area contributed by atoms with Gasteiger partial charge in [0.25, 0.3) is 0 Å². The number of nitrogens with one attached hydrogen (secondary N) is 1. The van der Waals surface area contributed by atoms with Crippen LogP contribution in [0.3, 0.4) is 0 Å². The van der Waals surface area contributed by atoms with Gasteiger partial charge in [-0.1, -0.05) is 5.21 Å². The zero-order valence-corrected chi connectivity index (χ0v) is 12.5. The number of pyridine rings is 1. The van der Waals surface area contributed by atoms with Gasteiger partial charge in [0.15, 0.2) is 0 Å². The van der Waals surface area contributed by atoms with Crippen molar-refractivity contribution in [1.29, 1.82) is 0 Å². The Bertz CT molecular complexity index is 535. The third kappa shape index (κ3) is 4.16. The van der Waals surface area contributed by atoms with Gasteiger partial charge < -0.3 is 15.3 Å². The molecular weight excluding hydrogens is 268 g/mol. The van der Waals surface area contributed by atoms with E-state index in [0.29, 0.717) is 13.1 Å². The highest BCUT2D eigenvalue weighted by Gasteiger charge is 2.04. The summed E-state index contributed by atoms with van der Waals surface area (Å²) in [6.07, 6.45) is 3.65. The van der Waals surface area contributed by atoms with Crippen molar-refractivity contribution < 1.29 is 5.11 Å². The minimum absolute atomic E-state index is 0.0625. The van der Waals surface area contributed by atoms with E-state index in [0.717, 1.165) is 30.3 Å². The Balaban J connectivity index is 1.90. The van der Waals surface area contributed by atoms with Crippen molar-refractivity contribution in [2.24, 2.45) is 0 Å². The lowest BCUT2D eigenvalue weighted by atomic mass is 10.3. The van der Waals surface area contributed by atoms with Crippen LogP contribution in [0.1, 0.15) is 19.5 Å². The smallest absolute Gasteiger partial charge is 0.128 e. The van der Waals surface area contributed by atoms with Crippen LogP contribution in [-0.4, -0.2) is 44.8 Å². The second-order valence-corrected chi connectivity index (χ2v) is 4.63. The van der Waals surface area contributed by atoms with Crippen molar-refractivity contribution in [2.75, 3.05) is 29.9 Å². The van der Waals surface area contributed by atoms with Crippen LogP contribution in [0.15, 0.2) is 24.5 Å². The molecular formula is C14H22N6O. The van der Waals surface area contributed by atoms with Crippen LogP contribution < -0.4 is 10.2 Å². The van der Waals surface area contributed by atoms with Crippen LogP contribution in [0.2, 0.25) is 0 Å². The molecule has 2 rings (SSSR count). The third-order valence-electron chi connectivity index (χ3n) is 3.22. The predicted molar refractivity (Wildman–Crippen MR) is 82.2 cm³/mol. The Hall–Kier alpha value is -2.15. The number of aromatic nitrogens is 4. The molecule has 0 amide bonds. The maximum atomic E-state index is 8.83. The molecule has 7 nitrogen and oxygen atoms in total. The van der Waals surface area contributed by atoms with Crippen LogP contribution in [-0.2, 0) is 13.1 Å². The molecule has 0 aliphatic carbocycles. The molecule has 7 heteroatoms. The normalized spacial score (nSPS) is 10.6. The quantitative estimate of drug-likeness (QED) is 0.758. The predicted octanol–water partition coefficient (Wildman–Crippen LogP) is 1.12. The van der Waals surface area contributed by atoms with Gasteiger partial charge in [-0.2, -0.15) is 0 Å². The van der Waals surface area contributed by atoms with Crippen LogP contribution in [0.25, 0.3) is 0 Å². The average molecular weight is 290 g/mol. The highest BCUT2D eigenvalue weighted by atomic mass is 16.3. The molecule has 114 valence electrons. The number of nitrogens with zero attached hydrogens (tertiary/aromatic N) is 5. The Kier molecular flexibility index (Phi) is 5.51. The number of aliphatic hydroxyl groups is 1. The van der Waals surface area contributed by atoms with Crippen molar-refractivity contribution >= 4 is 11.5 Å². The Labute approximate surface area is 124 Å². The number of hydrogen-bond acceptors (Lipinski definition) is 6. The Morgan fingerprint density at radius 3 is 2.71 bits per heavy atom. The van der Waals surface area contributed by atoms with Crippen LogP contribution >= 0.6 is 0 Å². The highest BCUT2D eigenvalue weighted by molar-refractivity contribution is 5.48. The second kappa shape index (κ2) is 7.58. The van der Waals surface area contributed by atoms with Gasteiger partial charge in [0.05, 0.1) is 37.8 Å². The van der Waals surface area contributed by atoms with Crippen LogP contribution in [0.4, 0.5) is 11.5 Å². The van der Waals surface area contributed by atoms with Crippen LogP contribution in [0, 0.1) is 0 Å². The first-order chi connectivity index (χ1) is 10.3. The van der Waals surface area contributed by atoms with Gasteiger partial charge in [-0.3, -0.25) is 0 Å². The lowest BCUT2D eigenvalue weighted by Gasteiger charge is -2.19. The molecule has 0 aliphatic rings. The van der Waals surface area contributed by atoms with E-state index in [1.165, 1.54) is 0 Å². The van der Waals surface area contributed by atoms with Gasteiger partial charge >= 0.3 is 0 Å². The fraction of sp³-hybridized carbons (Fsp3) is 0.500. The summed E-state index contributed by atoms with van der Waals surface area (Å²) in [4.78, 5) is 6.66. The molecule has 2 N–H and O–H groups in total. The largest absolute Gasteiger partial charge is 0.394 e. The molecule has 0 bridgehead atoms. The summed E-state index contributed by atoms with van der Waals surface area (Å²) in [6.45, 7) is 7.24. The number of aliphatic hydroxyl groups excluding tert-OH is 1. The summed E-state index contributed by atoms with van der Waals surface area (Å²) in [5, 5.41) is 20.0. The first kappa shape index (κ1) is 15.2. The van der Waals surface area contributed by atoms with Gasteiger partial charge in [-0.15, -0.1) is 5.10 Å². The molecule has 2 aromatic heterocycles. The van der Waals surface area contributed by atoms with E-state index in [1.54, 1.807) is 4.68 Å². The van der Waals surface area contributed by atoms with Crippen molar-refractivity contribution in [1.82, 2.24) is 20.0 Å². The average Bonchev–Trinajstić information content (AvgIpc) is 2.96. The minimum Gasteiger partial charge on any atom is -0.394 e. The van der Waals surface area contributed by atoms with E-state index in [9.17, 15) is 0 Å². The summed E-state index contributed by atoms with van der Waals surface area (Å²) >= 11 is 0. The van der Waals surface area contributed by atoms with Gasteiger partial charge in [0, 0.05) is 13.1 Å². The van der Waals surface area contributed by atoms with Crippen molar-refractivity contribution in [3.8, 4) is 0 Å². The molecule has 0 saturated heterocycles. The van der Waals surface area contributed by atoms with Crippen LogP contribution in [0.5, 0.6) is 0 Å². The maximum Gasteiger partial charge on any atom is 0.128 e. The highest BCUT2D eigenvalue weighted by Crippen LogP contribution is 2.14. The monoisotopic (exact) mass is 290 g/mol. The lowest BCUT2D eigenvalue weighted by molar-refractivity contribution is 0.268. The number of anilines is 2. The minimum atomic E-state index is 0.0625. The molecule has 21 heavy (non-hydrogen) atoms. The summed E-state index contributed by atoms with van der Waals surface area (Å²) in [5.74, 6) is 0.986. The van der Waals surface area contributed by atoms with E-state index in [4.69, 9.17) is 5.11 Å². The van der Waals surface area contributed by atoms with Crippen molar-refractivity contribution in [2.45, 2.75) is 26.9 Å². The van der Waals surface area contributed by atoms with Crippen molar-refractivity contribution in [3.05, 3.63) is 30.2 Å². The maximum absolute atomic E-state index is 8.83. The van der Waals surface area contributed by atoms with E-state index in [2.05, 4.69) is 39.4 Å². The van der Waals surface area contributed by atoms with Gasteiger partial charge in [0.1, 0.15) is 11.5 Å². The van der Waals surface area contributed by atoms with Gasteiger partial charge in [-0.25, -0.2) is 9.67 Å². The topological polar surface area (TPSA) is 79.1 Å². The zero-order valence-electron chi connectivity index (χ0n) is 12.5. The molecule has 0 radical (unpaired) electrons. The standard InChI is InChI=1S/C14H22N6O/c1-3-19(4-2)14-6-5-12(9-16-14)15-10-13-11-20(7-8-21)18-17-13/h5-6,9,11,15,21H,3-4,7-8,10H2,1-2H3. The molecule has 0 spiro atoms. The van der Waals surface area contributed by atoms with E-state index >= 15 is 0 Å². The fourth-order valence-electron chi connectivity index (χ4n) is 2.05. The summed E-state index contributed by atoms with van der Waals surface area (Å²) in [6, 6.07) is 4.02. The molecule has 2 aromatic rings. The van der Waals surface area contributed by atoms with Gasteiger partial charge in [0.2, 0.25) is 0 Å². The van der Waals surface area contributed by atoms with E-state index in [1.807, 2.05) is 24.5 Å². The lowest BCUT2D eigenvalue weighted by Crippen LogP contribution is -2.22. The summed E-state index contributed by atoms with van der Waals surface area (Å²) in [5.41, 5.74) is 1.78. The Morgan fingerprint density at radius 1 is 1.29 bits per heavy atom. The summed E-state index contributed by atoms with van der Waals surface area (Å²) in [7, 11) is 0. The molecule has 2 heterocycles. The van der Waals surface area contributed by atoms with Crippen molar-refractivity contribution in [3.63, 3.8) is 0 Å².